The summed E-state index contributed by atoms with van der Waals surface area (Å²) in [5.74, 6) is -1.04. The number of rotatable bonds is 4. The van der Waals surface area contributed by atoms with Gasteiger partial charge in [-0.15, -0.1) is 11.3 Å². The summed E-state index contributed by atoms with van der Waals surface area (Å²) in [7, 11) is 0. The average Bonchev–Trinajstić information content (AvgIpc) is 2.59. The number of hydrogen-bond acceptors (Lipinski definition) is 3. The van der Waals surface area contributed by atoms with Crippen LogP contribution in [-0.4, -0.2) is 17.0 Å². The number of hydrogen-bond donors (Lipinski definition) is 2. The van der Waals surface area contributed by atoms with E-state index in [-0.39, 0.29) is 5.91 Å². The van der Waals surface area contributed by atoms with E-state index < -0.39 is 5.97 Å². The molecule has 1 amide bonds. The van der Waals surface area contributed by atoms with Crippen molar-refractivity contribution >= 4 is 29.3 Å². The number of aliphatic carboxylic acids is 1. The number of carbonyl (C=O) groups excluding carboxylic acids is 1. The molecular formula is C10H11NO3S. The molecule has 0 saturated heterocycles. The Labute approximate surface area is 91.2 Å². The Hall–Kier alpha value is -1.62. The lowest BCUT2D eigenvalue weighted by Crippen LogP contribution is -2.17. The molecule has 5 heteroatoms. The largest absolute Gasteiger partial charge is 0.478 e. The van der Waals surface area contributed by atoms with Crippen LogP contribution < -0.4 is 5.32 Å². The van der Waals surface area contributed by atoms with Crippen molar-refractivity contribution in [3.05, 3.63) is 28.0 Å². The van der Waals surface area contributed by atoms with Crippen molar-refractivity contribution in [3.63, 3.8) is 0 Å². The van der Waals surface area contributed by atoms with Crippen molar-refractivity contribution in [2.75, 3.05) is 0 Å². The molecule has 80 valence electrons. The third-order valence-electron chi connectivity index (χ3n) is 1.58. The molecule has 0 bridgehead atoms. The zero-order valence-electron chi connectivity index (χ0n) is 8.19. The quantitative estimate of drug-likeness (QED) is 0.763. The fourth-order valence-electron chi connectivity index (χ4n) is 0.944. The second kappa shape index (κ2) is 5.31. The molecule has 0 aliphatic heterocycles. The molecule has 0 unspecified atom stereocenters. The third kappa shape index (κ3) is 4.42. The predicted octanol–water partition coefficient (Wildman–Crippen LogP) is 1.48. The van der Waals surface area contributed by atoms with E-state index in [0.717, 1.165) is 15.8 Å². The summed E-state index contributed by atoms with van der Waals surface area (Å²) in [5, 5.41) is 11.1. The summed E-state index contributed by atoms with van der Waals surface area (Å²) < 4.78 is 0. The lowest BCUT2D eigenvalue weighted by atomic mass is 10.4. The van der Waals surface area contributed by atoms with Crippen LogP contribution in [0.5, 0.6) is 0 Å². The van der Waals surface area contributed by atoms with E-state index in [4.69, 9.17) is 5.11 Å². The van der Waals surface area contributed by atoms with Crippen molar-refractivity contribution in [1.29, 1.82) is 0 Å². The zero-order chi connectivity index (χ0) is 11.3. The Kier molecular flexibility index (Phi) is 4.05. The van der Waals surface area contributed by atoms with E-state index in [2.05, 4.69) is 5.32 Å². The molecule has 1 aromatic rings. The first kappa shape index (κ1) is 11.5. The molecule has 0 atom stereocenters. The highest BCUT2D eigenvalue weighted by atomic mass is 32.1. The summed E-state index contributed by atoms with van der Waals surface area (Å²) >= 11 is 1.45. The van der Waals surface area contributed by atoms with Gasteiger partial charge >= 0.3 is 5.97 Å². The third-order valence-corrected chi connectivity index (χ3v) is 2.63. The Morgan fingerprint density at radius 3 is 2.87 bits per heavy atom. The maximum Gasteiger partial charge on any atom is 0.328 e. The zero-order valence-corrected chi connectivity index (χ0v) is 9.00. The molecule has 0 fully saturated rings. The molecule has 2 N–H and O–H groups in total. The molecule has 1 aromatic heterocycles. The lowest BCUT2D eigenvalue weighted by molar-refractivity contribution is -0.131. The topological polar surface area (TPSA) is 66.4 Å². The molecular weight excluding hydrogens is 214 g/mol. The first-order chi connectivity index (χ1) is 7.08. The van der Waals surface area contributed by atoms with Gasteiger partial charge in [-0.3, -0.25) is 4.79 Å². The van der Waals surface area contributed by atoms with Gasteiger partial charge in [0.25, 0.3) is 0 Å². The second-order valence-corrected chi connectivity index (χ2v) is 4.09. The highest BCUT2D eigenvalue weighted by molar-refractivity contribution is 7.12. The molecule has 15 heavy (non-hydrogen) atoms. The molecule has 1 rings (SSSR count). The molecule has 0 aromatic carbocycles. The molecule has 0 radical (unpaired) electrons. The number of carboxylic acid groups (broad SMARTS) is 1. The summed E-state index contributed by atoms with van der Waals surface area (Å²) in [4.78, 5) is 22.8. The molecule has 0 spiro atoms. The summed E-state index contributed by atoms with van der Waals surface area (Å²) in [6.45, 7) is 1.94. The minimum Gasteiger partial charge on any atom is -0.478 e. The number of carbonyl (C=O) groups is 2. The lowest BCUT2D eigenvalue weighted by Gasteiger charge is -1.96. The first-order valence-corrected chi connectivity index (χ1v) is 5.14. The first-order valence-electron chi connectivity index (χ1n) is 4.32. The monoisotopic (exact) mass is 225 g/mol. The van der Waals surface area contributed by atoms with Gasteiger partial charge in [-0.1, -0.05) is 0 Å². The maximum absolute atomic E-state index is 10.6. The number of amides is 1. The second-order valence-electron chi connectivity index (χ2n) is 2.89. The standard InChI is InChI=1S/C10H11NO3S/c1-7(12)11-6-9-3-2-8(15-9)4-5-10(13)14/h2-5H,6H2,1H3,(H,11,12)(H,13,14). The van der Waals surface area contributed by atoms with Crippen LogP contribution in [0.1, 0.15) is 16.7 Å². The van der Waals surface area contributed by atoms with Crippen LogP contribution >= 0.6 is 11.3 Å². The van der Waals surface area contributed by atoms with Crippen LogP contribution in [0.2, 0.25) is 0 Å². The Morgan fingerprint density at radius 2 is 2.27 bits per heavy atom. The van der Waals surface area contributed by atoms with Crippen LogP contribution in [0, 0.1) is 0 Å². The van der Waals surface area contributed by atoms with Crippen LogP contribution in [0.4, 0.5) is 0 Å². The van der Waals surface area contributed by atoms with Gasteiger partial charge in [0.2, 0.25) is 5.91 Å². The highest BCUT2D eigenvalue weighted by Crippen LogP contribution is 2.17. The molecule has 4 nitrogen and oxygen atoms in total. The Bertz CT molecular complexity index is 395. The maximum atomic E-state index is 10.6. The van der Waals surface area contributed by atoms with Gasteiger partial charge in [0.15, 0.2) is 0 Å². The van der Waals surface area contributed by atoms with Crippen molar-refractivity contribution in [3.8, 4) is 0 Å². The fraction of sp³-hybridized carbons (Fsp3) is 0.200. The summed E-state index contributed by atoms with van der Waals surface area (Å²) in [5.41, 5.74) is 0. The SMILES string of the molecule is CC(=O)NCc1ccc(C=CC(=O)O)s1. The van der Waals surface area contributed by atoms with E-state index in [1.807, 2.05) is 12.1 Å². The van der Waals surface area contributed by atoms with Crippen molar-refractivity contribution in [1.82, 2.24) is 5.32 Å². The average molecular weight is 225 g/mol. The number of nitrogens with one attached hydrogen (secondary N) is 1. The van der Waals surface area contributed by atoms with Gasteiger partial charge in [0.05, 0.1) is 6.54 Å². The minimum absolute atomic E-state index is 0.0778. The Morgan fingerprint density at radius 1 is 1.53 bits per heavy atom. The molecule has 1 heterocycles. The van der Waals surface area contributed by atoms with Gasteiger partial charge in [-0.05, 0) is 18.2 Å². The van der Waals surface area contributed by atoms with Crippen LogP contribution in [-0.2, 0) is 16.1 Å². The van der Waals surface area contributed by atoms with E-state index >= 15 is 0 Å². The number of thiophene rings is 1. The van der Waals surface area contributed by atoms with Gasteiger partial charge in [0, 0.05) is 22.8 Å². The van der Waals surface area contributed by atoms with Crippen LogP contribution in [0.25, 0.3) is 6.08 Å². The van der Waals surface area contributed by atoms with Gasteiger partial charge in [-0.2, -0.15) is 0 Å². The van der Waals surface area contributed by atoms with Crippen molar-refractivity contribution in [2.45, 2.75) is 13.5 Å². The Balaban J connectivity index is 2.56. The molecule has 0 aliphatic rings. The smallest absolute Gasteiger partial charge is 0.328 e. The minimum atomic E-state index is -0.966. The normalized spacial score (nSPS) is 10.5. The van der Waals surface area contributed by atoms with Crippen molar-refractivity contribution < 1.29 is 14.7 Å². The number of carboxylic acids is 1. The predicted molar refractivity (Wildman–Crippen MR) is 58.5 cm³/mol. The molecule has 0 saturated carbocycles. The van der Waals surface area contributed by atoms with Crippen LogP contribution in [0.15, 0.2) is 18.2 Å². The van der Waals surface area contributed by atoms with E-state index in [9.17, 15) is 9.59 Å². The highest BCUT2D eigenvalue weighted by Gasteiger charge is 1.98. The van der Waals surface area contributed by atoms with Gasteiger partial charge in [-0.25, -0.2) is 4.79 Å². The van der Waals surface area contributed by atoms with Crippen molar-refractivity contribution in [2.24, 2.45) is 0 Å². The van der Waals surface area contributed by atoms with Gasteiger partial charge in [0.1, 0.15) is 0 Å². The molecule has 0 aliphatic carbocycles. The van der Waals surface area contributed by atoms with E-state index in [1.165, 1.54) is 24.3 Å². The fourth-order valence-corrected chi connectivity index (χ4v) is 1.80. The van der Waals surface area contributed by atoms with E-state index in [1.54, 1.807) is 0 Å². The van der Waals surface area contributed by atoms with E-state index in [0.29, 0.717) is 6.54 Å². The summed E-state index contributed by atoms with van der Waals surface area (Å²) in [6.07, 6.45) is 2.62. The van der Waals surface area contributed by atoms with Crippen LogP contribution in [0.3, 0.4) is 0 Å². The van der Waals surface area contributed by atoms with Gasteiger partial charge < -0.3 is 10.4 Å². The summed E-state index contributed by atoms with van der Waals surface area (Å²) in [6, 6.07) is 3.68.